The Morgan fingerprint density at radius 3 is 3.00 bits per heavy atom. The second kappa shape index (κ2) is 4.30. The van der Waals surface area contributed by atoms with E-state index in [1.54, 1.807) is 6.07 Å². The number of aromatic amines is 1. The minimum absolute atomic E-state index is 0.202. The van der Waals surface area contributed by atoms with Crippen LogP contribution in [-0.2, 0) is 0 Å². The van der Waals surface area contributed by atoms with Gasteiger partial charge in [0.2, 0.25) is 5.82 Å². The number of rotatable bonds is 2. The number of hydrogen-bond acceptors (Lipinski definition) is 5. The highest BCUT2D eigenvalue weighted by atomic mass is 79.9. The smallest absolute Gasteiger partial charge is 0.259 e. The number of H-pyrrole nitrogens is 1. The largest absolute Gasteiger partial charge is 0.333 e. The number of halogens is 2. The van der Waals surface area contributed by atoms with E-state index in [1.807, 2.05) is 0 Å². The molecule has 0 fully saturated rings. The van der Waals surface area contributed by atoms with Crippen molar-refractivity contribution in [2.75, 3.05) is 0 Å². The van der Waals surface area contributed by atoms with E-state index in [9.17, 15) is 4.39 Å². The van der Waals surface area contributed by atoms with Crippen molar-refractivity contribution in [2.24, 2.45) is 0 Å². The van der Waals surface area contributed by atoms with Crippen molar-refractivity contribution in [2.45, 2.75) is 0 Å². The molecule has 0 saturated carbocycles. The molecule has 1 N–H and O–H groups in total. The van der Waals surface area contributed by atoms with Gasteiger partial charge in [0.05, 0.1) is 5.56 Å². The lowest BCUT2D eigenvalue weighted by molar-refractivity contribution is 0.431. The van der Waals surface area contributed by atoms with Gasteiger partial charge in [-0.15, -0.1) is 0 Å². The highest BCUT2D eigenvalue weighted by Crippen LogP contribution is 2.28. The summed E-state index contributed by atoms with van der Waals surface area (Å²) in [5, 5.41) is 10.0. The highest BCUT2D eigenvalue weighted by molar-refractivity contribution is 9.10. The maximum atomic E-state index is 13.2. The van der Waals surface area contributed by atoms with E-state index in [1.165, 1.54) is 18.5 Å². The fourth-order valence-electron chi connectivity index (χ4n) is 1.40. The Morgan fingerprint density at radius 1 is 1.33 bits per heavy atom. The molecule has 0 bridgehead atoms. The maximum Gasteiger partial charge on any atom is 0.259 e. The number of nitrogens with one attached hydrogen (secondary N) is 1. The van der Waals surface area contributed by atoms with Crippen molar-refractivity contribution in [3.63, 3.8) is 0 Å². The third kappa shape index (κ3) is 1.90. The van der Waals surface area contributed by atoms with Gasteiger partial charge in [-0.3, -0.25) is 5.10 Å². The summed E-state index contributed by atoms with van der Waals surface area (Å²) in [6, 6.07) is 4.21. The summed E-state index contributed by atoms with van der Waals surface area (Å²) in [4.78, 5) is 8.01. The van der Waals surface area contributed by atoms with Crippen LogP contribution in [0.1, 0.15) is 0 Å². The maximum absolute atomic E-state index is 13.2. The summed E-state index contributed by atoms with van der Waals surface area (Å²) in [5.74, 6) is 0.469. The summed E-state index contributed by atoms with van der Waals surface area (Å²) in [5.41, 5.74) is 0.480. The predicted molar refractivity (Wildman–Crippen MR) is 62.8 cm³/mol. The summed E-state index contributed by atoms with van der Waals surface area (Å²) in [7, 11) is 0. The van der Waals surface area contributed by atoms with Crippen LogP contribution >= 0.6 is 15.9 Å². The van der Waals surface area contributed by atoms with Gasteiger partial charge in [-0.2, -0.15) is 10.1 Å². The Labute approximate surface area is 108 Å². The predicted octanol–water partition coefficient (Wildman–Crippen LogP) is 2.42. The fourth-order valence-corrected chi connectivity index (χ4v) is 1.82. The van der Waals surface area contributed by atoms with E-state index in [0.29, 0.717) is 15.9 Å². The Bertz CT molecular complexity index is 681. The van der Waals surface area contributed by atoms with E-state index in [-0.39, 0.29) is 17.5 Å². The molecule has 1 aromatic carbocycles. The fraction of sp³-hybridized carbons (Fsp3) is 0. The Hall–Kier alpha value is -2.09. The van der Waals surface area contributed by atoms with E-state index in [0.717, 1.165) is 0 Å². The molecule has 0 spiro atoms. The molecule has 3 rings (SSSR count). The standard InChI is InChI=1S/C10H5BrFN5O/c11-7-2-1-5(12)3-6(7)10-15-9(17-18-10)8-13-4-14-16-8/h1-4H,(H,13,14,16). The molecular weight excluding hydrogens is 305 g/mol. The molecule has 6 nitrogen and oxygen atoms in total. The van der Waals surface area contributed by atoms with Crippen LogP contribution in [0.15, 0.2) is 33.5 Å². The molecule has 18 heavy (non-hydrogen) atoms. The zero-order valence-corrected chi connectivity index (χ0v) is 10.3. The molecule has 0 radical (unpaired) electrons. The first-order valence-electron chi connectivity index (χ1n) is 4.89. The van der Waals surface area contributed by atoms with Gasteiger partial charge in [0.25, 0.3) is 5.89 Å². The van der Waals surface area contributed by atoms with Gasteiger partial charge in [-0.1, -0.05) is 5.16 Å². The van der Waals surface area contributed by atoms with Crippen molar-refractivity contribution in [3.05, 3.63) is 34.8 Å². The van der Waals surface area contributed by atoms with Crippen molar-refractivity contribution in [1.82, 2.24) is 25.3 Å². The number of nitrogens with zero attached hydrogens (tertiary/aromatic N) is 4. The van der Waals surface area contributed by atoms with Gasteiger partial charge >= 0.3 is 0 Å². The molecule has 0 saturated heterocycles. The van der Waals surface area contributed by atoms with Crippen LogP contribution in [0.25, 0.3) is 23.1 Å². The lowest BCUT2D eigenvalue weighted by Gasteiger charge is -1.97. The third-order valence-electron chi connectivity index (χ3n) is 2.21. The number of benzene rings is 1. The van der Waals surface area contributed by atoms with Crippen LogP contribution < -0.4 is 0 Å². The van der Waals surface area contributed by atoms with Crippen molar-refractivity contribution in [3.8, 4) is 23.1 Å². The zero-order valence-electron chi connectivity index (χ0n) is 8.76. The number of aromatic nitrogens is 5. The van der Waals surface area contributed by atoms with Gasteiger partial charge < -0.3 is 4.52 Å². The van der Waals surface area contributed by atoms with Gasteiger partial charge in [-0.25, -0.2) is 9.37 Å². The molecule has 0 aliphatic carbocycles. The van der Waals surface area contributed by atoms with E-state index >= 15 is 0 Å². The minimum atomic E-state index is -0.382. The van der Waals surface area contributed by atoms with Crippen molar-refractivity contribution in [1.29, 1.82) is 0 Å². The topological polar surface area (TPSA) is 80.5 Å². The van der Waals surface area contributed by atoms with Crippen LogP contribution in [0.4, 0.5) is 4.39 Å². The van der Waals surface area contributed by atoms with Gasteiger partial charge in [0, 0.05) is 4.47 Å². The molecule has 3 aromatic rings. The molecule has 2 aromatic heterocycles. The first-order valence-corrected chi connectivity index (χ1v) is 5.68. The monoisotopic (exact) mass is 309 g/mol. The molecule has 0 aliphatic heterocycles. The summed E-state index contributed by atoms with van der Waals surface area (Å²) in [6.45, 7) is 0. The molecule has 8 heteroatoms. The minimum Gasteiger partial charge on any atom is -0.333 e. The molecule has 0 atom stereocenters. The third-order valence-corrected chi connectivity index (χ3v) is 2.90. The van der Waals surface area contributed by atoms with E-state index < -0.39 is 0 Å². The molecule has 90 valence electrons. The van der Waals surface area contributed by atoms with Crippen LogP contribution in [0.3, 0.4) is 0 Å². The van der Waals surface area contributed by atoms with Crippen LogP contribution in [0.2, 0.25) is 0 Å². The van der Waals surface area contributed by atoms with Crippen LogP contribution in [0, 0.1) is 5.82 Å². The van der Waals surface area contributed by atoms with Gasteiger partial charge in [0.1, 0.15) is 12.1 Å². The molecule has 0 aliphatic rings. The molecule has 0 amide bonds. The van der Waals surface area contributed by atoms with Crippen molar-refractivity contribution < 1.29 is 8.91 Å². The molecular formula is C10H5BrFN5O. The molecule has 0 unspecified atom stereocenters. The van der Waals surface area contributed by atoms with Crippen LogP contribution in [-0.4, -0.2) is 25.3 Å². The summed E-state index contributed by atoms with van der Waals surface area (Å²) >= 11 is 3.29. The zero-order chi connectivity index (χ0) is 12.5. The van der Waals surface area contributed by atoms with E-state index in [2.05, 4.69) is 41.3 Å². The quantitative estimate of drug-likeness (QED) is 0.786. The van der Waals surface area contributed by atoms with Gasteiger partial charge in [0.15, 0.2) is 5.82 Å². The van der Waals surface area contributed by atoms with Gasteiger partial charge in [-0.05, 0) is 34.1 Å². The van der Waals surface area contributed by atoms with Crippen molar-refractivity contribution >= 4 is 15.9 Å². The number of hydrogen-bond donors (Lipinski definition) is 1. The SMILES string of the molecule is Fc1ccc(Br)c(-c2nc(-c3ncn[nH]3)no2)c1. The van der Waals surface area contributed by atoms with E-state index in [4.69, 9.17) is 4.52 Å². The summed E-state index contributed by atoms with van der Waals surface area (Å²) in [6.07, 6.45) is 1.34. The lowest BCUT2D eigenvalue weighted by atomic mass is 10.2. The lowest BCUT2D eigenvalue weighted by Crippen LogP contribution is -1.85. The Kier molecular flexibility index (Phi) is 2.63. The average molecular weight is 310 g/mol. The Balaban J connectivity index is 2.05. The molecule has 2 heterocycles. The first-order chi connectivity index (χ1) is 8.74. The van der Waals surface area contributed by atoms with Crippen LogP contribution in [0.5, 0.6) is 0 Å². The highest BCUT2D eigenvalue weighted by Gasteiger charge is 2.15. The normalized spacial score (nSPS) is 10.8. The second-order valence-electron chi connectivity index (χ2n) is 3.38. The second-order valence-corrected chi connectivity index (χ2v) is 4.24. The summed E-state index contributed by atoms with van der Waals surface area (Å²) < 4.78 is 18.9. The first kappa shape index (κ1) is 11.0. The Morgan fingerprint density at radius 2 is 2.22 bits per heavy atom. The average Bonchev–Trinajstić information content (AvgIpc) is 3.00.